The van der Waals surface area contributed by atoms with Crippen molar-refractivity contribution in [1.82, 2.24) is 9.36 Å². The quantitative estimate of drug-likeness (QED) is 0.894. The number of hydrogen-bond donors (Lipinski definition) is 1. The summed E-state index contributed by atoms with van der Waals surface area (Å²) in [5, 5.41) is 9.47. The Morgan fingerprint density at radius 1 is 1.47 bits per heavy atom. The smallest absolute Gasteiger partial charge is 0.383 e. The van der Waals surface area contributed by atoms with Crippen molar-refractivity contribution < 1.29 is 18.3 Å². The van der Waals surface area contributed by atoms with Crippen molar-refractivity contribution in [3.8, 4) is 0 Å². The Morgan fingerprint density at radius 2 is 2.12 bits per heavy atom. The van der Waals surface area contributed by atoms with Crippen LogP contribution in [0.3, 0.4) is 0 Å². The highest BCUT2D eigenvalue weighted by molar-refractivity contribution is 7.98. The van der Waals surface area contributed by atoms with Crippen LogP contribution in [0, 0.1) is 0 Å². The van der Waals surface area contributed by atoms with Crippen LogP contribution >= 0.6 is 23.3 Å². The van der Waals surface area contributed by atoms with E-state index in [1.807, 2.05) is 14.1 Å². The van der Waals surface area contributed by atoms with E-state index in [2.05, 4.69) is 9.36 Å². The highest BCUT2D eigenvalue weighted by Gasteiger charge is 2.37. The van der Waals surface area contributed by atoms with E-state index in [0.29, 0.717) is 11.0 Å². The minimum atomic E-state index is -4.56. The molecule has 1 aromatic rings. The summed E-state index contributed by atoms with van der Waals surface area (Å²) in [7, 11) is 3.62. The van der Waals surface area contributed by atoms with Gasteiger partial charge in [-0.25, -0.2) is 4.98 Å². The molecule has 98 valence electrons. The fourth-order valence-electron chi connectivity index (χ4n) is 0.841. The fourth-order valence-corrected chi connectivity index (χ4v) is 2.37. The third-order valence-electron chi connectivity index (χ3n) is 1.72. The maximum Gasteiger partial charge on any atom is 0.415 e. The number of aromatic nitrogens is 2. The number of halogens is 3. The van der Waals surface area contributed by atoms with Crippen LogP contribution < -0.4 is 4.90 Å². The molecule has 17 heavy (non-hydrogen) atoms. The monoisotopic (exact) mass is 287 g/mol. The average Bonchev–Trinajstić information content (AvgIpc) is 2.64. The second kappa shape index (κ2) is 5.87. The molecule has 0 aliphatic rings. The van der Waals surface area contributed by atoms with Crippen molar-refractivity contribution >= 4 is 28.4 Å². The summed E-state index contributed by atoms with van der Waals surface area (Å²) in [6.45, 7) is 0. The van der Waals surface area contributed by atoms with Crippen molar-refractivity contribution in [2.45, 2.75) is 18.0 Å². The maximum atomic E-state index is 12.0. The number of anilines is 1. The Morgan fingerprint density at radius 3 is 2.59 bits per heavy atom. The molecule has 0 aliphatic heterocycles. The molecule has 0 bridgehead atoms. The zero-order valence-electron chi connectivity index (χ0n) is 9.23. The van der Waals surface area contributed by atoms with E-state index in [4.69, 9.17) is 5.11 Å². The van der Waals surface area contributed by atoms with Crippen LogP contribution in [0.25, 0.3) is 0 Å². The topological polar surface area (TPSA) is 49.2 Å². The second-order valence-electron chi connectivity index (χ2n) is 3.46. The van der Waals surface area contributed by atoms with Crippen LogP contribution in [0.4, 0.5) is 18.3 Å². The summed E-state index contributed by atoms with van der Waals surface area (Å²) in [6.07, 6.45) is -6.85. The molecule has 9 heteroatoms. The summed E-state index contributed by atoms with van der Waals surface area (Å²) in [5.41, 5.74) is 0. The minimum Gasteiger partial charge on any atom is -0.383 e. The number of aliphatic hydroxyl groups is 1. The SMILES string of the molecule is CN(C)c1nc(CSC[C@H](O)C(F)(F)F)ns1. The van der Waals surface area contributed by atoms with Gasteiger partial charge in [-0.15, -0.1) is 0 Å². The molecule has 1 heterocycles. The summed E-state index contributed by atoms with van der Waals surface area (Å²) in [6, 6.07) is 0. The van der Waals surface area contributed by atoms with Crippen LogP contribution in [0.1, 0.15) is 5.82 Å². The van der Waals surface area contributed by atoms with Gasteiger partial charge in [-0.2, -0.15) is 29.3 Å². The van der Waals surface area contributed by atoms with Crippen LogP contribution in [0.15, 0.2) is 0 Å². The van der Waals surface area contributed by atoms with E-state index < -0.39 is 18.0 Å². The fraction of sp³-hybridized carbons (Fsp3) is 0.750. The van der Waals surface area contributed by atoms with Crippen molar-refractivity contribution in [3.63, 3.8) is 0 Å². The Hall–Kier alpha value is -0.540. The van der Waals surface area contributed by atoms with Crippen molar-refractivity contribution in [3.05, 3.63) is 5.82 Å². The van der Waals surface area contributed by atoms with E-state index >= 15 is 0 Å². The molecular formula is C8H12F3N3OS2. The lowest BCUT2D eigenvalue weighted by molar-refractivity contribution is -0.195. The molecule has 1 rings (SSSR count). The zero-order chi connectivity index (χ0) is 13.1. The van der Waals surface area contributed by atoms with Gasteiger partial charge in [0.1, 0.15) is 0 Å². The highest BCUT2D eigenvalue weighted by atomic mass is 32.2. The number of hydrogen-bond acceptors (Lipinski definition) is 6. The van der Waals surface area contributed by atoms with Gasteiger partial charge in [-0.3, -0.25) is 0 Å². The largest absolute Gasteiger partial charge is 0.415 e. The zero-order valence-corrected chi connectivity index (χ0v) is 10.9. The first kappa shape index (κ1) is 14.5. The molecule has 0 spiro atoms. The van der Waals surface area contributed by atoms with Gasteiger partial charge < -0.3 is 10.0 Å². The lowest BCUT2D eigenvalue weighted by Gasteiger charge is -2.13. The van der Waals surface area contributed by atoms with Crippen molar-refractivity contribution in [2.24, 2.45) is 0 Å². The van der Waals surface area contributed by atoms with Gasteiger partial charge >= 0.3 is 6.18 Å². The van der Waals surface area contributed by atoms with E-state index in [1.54, 1.807) is 4.90 Å². The molecule has 0 aromatic carbocycles. The third kappa shape index (κ3) is 4.68. The van der Waals surface area contributed by atoms with E-state index in [9.17, 15) is 13.2 Å². The molecule has 1 N–H and O–H groups in total. The van der Waals surface area contributed by atoms with Gasteiger partial charge in [0.25, 0.3) is 0 Å². The summed E-state index contributed by atoms with van der Waals surface area (Å²) >= 11 is 2.15. The predicted molar refractivity (Wildman–Crippen MR) is 62.5 cm³/mol. The summed E-state index contributed by atoms with van der Waals surface area (Å²) in [5.74, 6) is 0.343. The standard InChI is InChI=1S/C8H12F3N3OS2/c1-14(2)7-12-6(13-17-7)4-16-3-5(15)8(9,10)11/h5,15H,3-4H2,1-2H3/t5-/m0/s1. The van der Waals surface area contributed by atoms with Crippen LogP contribution in [0.5, 0.6) is 0 Å². The van der Waals surface area contributed by atoms with Gasteiger partial charge in [0, 0.05) is 31.4 Å². The molecule has 0 unspecified atom stereocenters. The first-order valence-electron chi connectivity index (χ1n) is 4.63. The van der Waals surface area contributed by atoms with E-state index in [-0.39, 0.29) is 5.75 Å². The lowest BCUT2D eigenvalue weighted by Crippen LogP contribution is -2.30. The lowest BCUT2D eigenvalue weighted by atomic mass is 10.4. The highest BCUT2D eigenvalue weighted by Crippen LogP contribution is 2.24. The number of aliphatic hydroxyl groups excluding tert-OH is 1. The van der Waals surface area contributed by atoms with Gasteiger partial charge in [-0.05, 0) is 0 Å². The molecule has 1 atom stereocenters. The Kier molecular flexibility index (Phi) is 5.02. The molecule has 0 radical (unpaired) electrons. The number of rotatable bonds is 5. The third-order valence-corrected chi connectivity index (χ3v) is 3.66. The average molecular weight is 287 g/mol. The second-order valence-corrected chi connectivity index (χ2v) is 5.22. The van der Waals surface area contributed by atoms with Gasteiger partial charge in [-0.1, -0.05) is 0 Å². The Labute approximate surface area is 105 Å². The Balaban J connectivity index is 2.36. The maximum absolute atomic E-state index is 12.0. The minimum absolute atomic E-state index is 0.261. The van der Waals surface area contributed by atoms with Gasteiger partial charge in [0.15, 0.2) is 11.9 Å². The van der Waals surface area contributed by atoms with Gasteiger partial charge in [0.2, 0.25) is 5.13 Å². The first-order chi connectivity index (χ1) is 7.80. The number of nitrogens with zero attached hydrogens (tertiary/aromatic N) is 3. The molecule has 1 aromatic heterocycles. The Bertz CT molecular complexity index is 356. The number of thioether (sulfide) groups is 1. The summed E-state index contributed by atoms with van der Waals surface area (Å²) < 4.78 is 40.0. The molecule has 4 nitrogen and oxygen atoms in total. The predicted octanol–water partition coefficient (Wildman–Crippen LogP) is 1.76. The summed E-state index contributed by atoms with van der Waals surface area (Å²) in [4.78, 5) is 5.89. The number of alkyl halides is 3. The van der Waals surface area contributed by atoms with Gasteiger partial charge in [0.05, 0.1) is 5.75 Å². The molecule has 0 aliphatic carbocycles. The molecule has 0 amide bonds. The van der Waals surface area contributed by atoms with Crippen LogP contribution in [-0.4, -0.2) is 46.6 Å². The molecule has 0 saturated carbocycles. The van der Waals surface area contributed by atoms with Crippen LogP contribution in [-0.2, 0) is 5.75 Å². The molecular weight excluding hydrogens is 275 g/mol. The normalized spacial score (nSPS) is 13.8. The van der Waals surface area contributed by atoms with Crippen molar-refractivity contribution in [1.29, 1.82) is 0 Å². The van der Waals surface area contributed by atoms with E-state index in [1.165, 1.54) is 11.5 Å². The van der Waals surface area contributed by atoms with Crippen LogP contribution in [0.2, 0.25) is 0 Å². The van der Waals surface area contributed by atoms with Crippen molar-refractivity contribution in [2.75, 3.05) is 24.7 Å². The molecule has 0 fully saturated rings. The first-order valence-corrected chi connectivity index (χ1v) is 6.56. The van der Waals surface area contributed by atoms with E-state index in [0.717, 1.165) is 11.8 Å². The molecule has 0 saturated heterocycles.